The van der Waals surface area contributed by atoms with Crippen LogP contribution in [-0.2, 0) is 6.54 Å². The molecule has 2 N–H and O–H groups in total. The van der Waals surface area contributed by atoms with Gasteiger partial charge in [-0.05, 0) is 43.1 Å². The van der Waals surface area contributed by atoms with Crippen LogP contribution < -0.4 is 10.6 Å². The van der Waals surface area contributed by atoms with Crippen LogP contribution in [0.2, 0.25) is 0 Å². The maximum absolute atomic E-state index is 12.4. The van der Waals surface area contributed by atoms with Crippen molar-refractivity contribution in [1.82, 2.24) is 30.4 Å². The molecule has 3 aromatic heterocycles. The number of rotatable bonds is 7. The predicted molar refractivity (Wildman–Crippen MR) is 117 cm³/mol. The van der Waals surface area contributed by atoms with Gasteiger partial charge in [0.2, 0.25) is 0 Å². The molecule has 1 unspecified atom stereocenters. The lowest BCUT2D eigenvalue weighted by Gasteiger charge is -2.30. The van der Waals surface area contributed by atoms with Crippen molar-refractivity contribution in [2.75, 3.05) is 25.0 Å². The fraction of sp³-hybridized carbons (Fsp3) is 0.333. The number of hydrogen-bond donors (Lipinski definition) is 2. The summed E-state index contributed by atoms with van der Waals surface area (Å²) in [6.45, 7) is 2.63. The molecule has 9 nitrogen and oxygen atoms in total. The number of carbonyl (C=O) groups is 1. The lowest BCUT2D eigenvalue weighted by molar-refractivity contribution is 0.0946. The molecule has 1 fully saturated rings. The molecule has 4 rings (SSSR count). The fourth-order valence-corrected chi connectivity index (χ4v) is 4.23. The number of pyridine rings is 1. The number of piperidine rings is 1. The number of anilines is 2. The first kappa shape index (κ1) is 20.8. The monoisotopic (exact) mass is 434 g/mol. The van der Waals surface area contributed by atoms with E-state index in [1.54, 1.807) is 23.8 Å². The minimum Gasteiger partial charge on any atom is -0.347 e. The number of thiazole rings is 1. The van der Waals surface area contributed by atoms with Crippen molar-refractivity contribution in [1.29, 1.82) is 5.26 Å². The van der Waals surface area contributed by atoms with Crippen LogP contribution in [0.15, 0.2) is 42.0 Å². The van der Waals surface area contributed by atoms with Gasteiger partial charge in [0.25, 0.3) is 5.91 Å². The van der Waals surface area contributed by atoms with E-state index in [1.807, 2.05) is 18.2 Å². The van der Waals surface area contributed by atoms with Crippen LogP contribution in [0, 0.1) is 11.3 Å². The number of nitrogens with one attached hydrogen (secondary N) is 2. The Kier molecular flexibility index (Phi) is 6.76. The lowest BCUT2D eigenvalue weighted by atomic mass is 9.94. The van der Waals surface area contributed by atoms with E-state index < -0.39 is 0 Å². The highest BCUT2D eigenvalue weighted by Gasteiger charge is 2.22. The molecule has 158 valence electrons. The number of amides is 1. The second-order valence-corrected chi connectivity index (χ2v) is 8.13. The summed E-state index contributed by atoms with van der Waals surface area (Å²) in [5.74, 6) is 0.755. The molecular formula is C21H22N8OS. The molecule has 1 saturated heterocycles. The van der Waals surface area contributed by atoms with E-state index in [9.17, 15) is 4.79 Å². The minimum absolute atomic E-state index is 0.248. The number of hydrogen-bond acceptors (Lipinski definition) is 9. The van der Waals surface area contributed by atoms with Crippen LogP contribution in [0.3, 0.4) is 0 Å². The summed E-state index contributed by atoms with van der Waals surface area (Å²) in [7, 11) is 0. The second kappa shape index (κ2) is 10.1. The topological polar surface area (TPSA) is 120 Å². The van der Waals surface area contributed by atoms with Gasteiger partial charge in [0, 0.05) is 36.3 Å². The van der Waals surface area contributed by atoms with Gasteiger partial charge in [0.15, 0.2) is 5.13 Å². The average molecular weight is 435 g/mol. The molecule has 1 atom stereocenters. The van der Waals surface area contributed by atoms with E-state index in [-0.39, 0.29) is 5.91 Å². The van der Waals surface area contributed by atoms with E-state index in [0.29, 0.717) is 35.7 Å². The van der Waals surface area contributed by atoms with E-state index in [1.165, 1.54) is 11.3 Å². The first-order valence-electron chi connectivity index (χ1n) is 10.0. The third-order valence-electron chi connectivity index (χ3n) is 5.06. The van der Waals surface area contributed by atoms with Crippen molar-refractivity contribution in [2.45, 2.75) is 25.3 Å². The van der Waals surface area contributed by atoms with Crippen LogP contribution in [0.5, 0.6) is 0 Å². The zero-order chi connectivity index (χ0) is 21.5. The van der Waals surface area contributed by atoms with E-state index >= 15 is 0 Å². The molecule has 31 heavy (non-hydrogen) atoms. The summed E-state index contributed by atoms with van der Waals surface area (Å²) in [5.41, 5.74) is 2.23. The molecule has 10 heteroatoms. The maximum atomic E-state index is 12.4. The molecule has 4 heterocycles. The Balaban J connectivity index is 1.37. The molecule has 0 aromatic carbocycles. The highest BCUT2D eigenvalue weighted by atomic mass is 32.1. The summed E-state index contributed by atoms with van der Waals surface area (Å²) < 4.78 is 0. The summed E-state index contributed by atoms with van der Waals surface area (Å²) in [6, 6.07) is 9.91. The van der Waals surface area contributed by atoms with Gasteiger partial charge in [0.05, 0.1) is 18.8 Å². The van der Waals surface area contributed by atoms with Crippen molar-refractivity contribution < 1.29 is 4.79 Å². The van der Waals surface area contributed by atoms with Gasteiger partial charge in [-0.2, -0.15) is 15.5 Å². The summed E-state index contributed by atoms with van der Waals surface area (Å²) >= 11 is 1.35. The smallest absolute Gasteiger partial charge is 0.271 e. The van der Waals surface area contributed by atoms with Crippen LogP contribution in [-0.4, -0.2) is 50.6 Å². The van der Waals surface area contributed by atoms with Crippen molar-refractivity contribution in [3.05, 3.63) is 59.0 Å². The second-order valence-electron chi connectivity index (χ2n) is 7.28. The largest absolute Gasteiger partial charge is 0.347 e. The molecule has 3 aromatic rings. The Hall–Kier alpha value is -3.42. The van der Waals surface area contributed by atoms with Crippen molar-refractivity contribution in [3.63, 3.8) is 0 Å². The van der Waals surface area contributed by atoms with E-state index in [2.05, 4.69) is 36.8 Å². The Morgan fingerprint density at radius 2 is 2.23 bits per heavy atom. The molecule has 0 aliphatic carbocycles. The van der Waals surface area contributed by atoms with E-state index in [4.69, 9.17) is 10.2 Å². The SMILES string of the molecule is N#CCN1CCCC(c2cccc(Nc3nc(C(=O)NCc4ccnnc4)cs3)n2)C1. The van der Waals surface area contributed by atoms with Crippen molar-refractivity contribution >= 4 is 28.2 Å². The van der Waals surface area contributed by atoms with Crippen molar-refractivity contribution in [2.24, 2.45) is 0 Å². The van der Waals surface area contributed by atoms with Crippen LogP contribution >= 0.6 is 11.3 Å². The molecule has 0 saturated carbocycles. The van der Waals surface area contributed by atoms with Gasteiger partial charge < -0.3 is 10.6 Å². The summed E-state index contributed by atoms with van der Waals surface area (Å²) in [4.78, 5) is 23.7. The van der Waals surface area contributed by atoms with Crippen molar-refractivity contribution in [3.8, 4) is 6.07 Å². The third kappa shape index (κ3) is 5.59. The van der Waals surface area contributed by atoms with Crippen LogP contribution in [0.25, 0.3) is 0 Å². The van der Waals surface area contributed by atoms with E-state index in [0.717, 1.165) is 37.2 Å². The zero-order valence-corrected chi connectivity index (χ0v) is 17.7. The highest BCUT2D eigenvalue weighted by molar-refractivity contribution is 7.14. The predicted octanol–water partition coefficient (Wildman–Crippen LogP) is 2.70. The Morgan fingerprint density at radius 1 is 1.29 bits per heavy atom. The van der Waals surface area contributed by atoms with Crippen LogP contribution in [0.4, 0.5) is 10.9 Å². The first-order valence-corrected chi connectivity index (χ1v) is 10.9. The number of aromatic nitrogens is 4. The Labute approximate surface area is 184 Å². The third-order valence-corrected chi connectivity index (χ3v) is 5.82. The molecule has 0 radical (unpaired) electrons. The maximum Gasteiger partial charge on any atom is 0.271 e. The quantitative estimate of drug-likeness (QED) is 0.545. The molecule has 1 aliphatic rings. The zero-order valence-electron chi connectivity index (χ0n) is 16.9. The summed E-state index contributed by atoms with van der Waals surface area (Å²) in [5, 5.41) is 24.8. The molecule has 1 aliphatic heterocycles. The van der Waals surface area contributed by atoms with Gasteiger partial charge in [0.1, 0.15) is 11.5 Å². The average Bonchev–Trinajstić information content (AvgIpc) is 3.27. The van der Waals surface area contributed by atoms with Gasteiger partial charge in [-0.25, -0.2) is 9.97 Å². The summed E-state index contributed by atoms with van der Waals surface area (Å²) in [6.07, 6.45) is 5.32. The first-order chi connectivity index (χ1) is 15.2. The number of nitriles is 1. The minimum atomic E-state index is -0.248. The van der Waals surface area contributed by atoms with Gasteiger partial charge in [-0.1, -0.05) is 6.07 Å². The normalized spacial score (nSPS) is 16.4. The van der Waals surface area contributed by atoms with Gasteiger partial charge >= 0.3 is 0 Å². The van der Waals surface area contributed by atoms with Gasteiger partial charge in [-0.15, -0.1) is 11.3 Å². The molecule has 1 amide bonds. The number of nitrogens with zero attached hydrogens (tertiary/aromatic N) is 6. The number of likely N-dealkylation sites (tertiary alicyclic amines) is 1. The molecule has 0 spiro atoms. The molecule has 0 bridgehead atoms. The highest BCUT2D eigenvalue weighted by Crippen LogP contribution is 2.27. The number of carbonyl (C=O) groups excluding carboxylic acids is 1. The lowest BCUT2D eigenvalue weighted by Crippen LogP contribution is -2.34. The Bertz CT molecular complexity index is 1060. The fourth-order valence-electron chi connectivity index (χ4n) is 3.53. The van der Waals surface area contributed by atoms with Crippen LogP contribution in [0.1, 0.15) is 40.5 Å². The standard InChI is InChI=1S/C21H22N8OS/c22-7-10-29-9-2-3-16(13-29)17-4-1-5-19(26-17)28-21-27-18(14-31-21)20(30)23-11-15-6-8-24-25-12-15/h1,4-6,8,12,14,16H,2-3,9-11,13H2,(H,23,30)(H,26,27,28). The van der Waals surface area contributed by atoms with Gasteiger partial charge in [-0.3, -0.25) is 9.69 Å². The Morgan fingerprint density at radius 3 is 3.06 bits per heavy atom. The molecular weight excluding hydrogens is 412 g/mol.